The lowest BCUT2D eigenvalue weighted by Crippen LogP contribution is -2.52. The number of guanidine groups is 1. The second-order valence-electron chi connectivity index (χ2n) is 10.6. The summed E-state index contributed by atoms with van der Waals surface area (Å²) in [6.45, 7) is 0.435. The van der Waals surface area contributed by atoms with Crippen LogP contribution in [0.2, 0.25) is 0 Å². The molecule has 2 atom stereocenters. The average molecular weight is 665 g/mol. The molecule has 1 N–H and O–H groups in total. The molecule has 208 valence electrons. The highest BCUT2D eigenvalue weighted by Gasteiger charge is 2.49. The van der Waals surface area contributed by atoms with Gasteiger partial charge in [-0.15, -0.1) is 0 Å². The monoisotopic (exact) mass is 665 g/mol. The largest absolute Gasteiger partial charge is 0.338 e. The van der Waals surface area contributed by atoms with Gasteiger partial charge >= 0.3 is 3.93 Å². The Morgan fingerprint density at radius 3 is 2.54 bits per heavy atom. The number of benzene rings is 2. The molecule has 4 aromatic rings. The Morgan fingerprint density at radius 2 is 1.83 bits per heavy atom. The molecule has 0 radical (unpaired) electrons. The third kappa shape index (κ3) is 4.55. The van der Waals surface area contributed by atoms with E-state index >= 15 is 0 Å². The summed E-state index contributed by atoms with van der Waals surface area (Å²) in [6.07, 6.45) is 4.34. The number of amides is 1. The van der Waals surface area contributed by atoms with Crippen molar-refractivity contribution in [3.63, 3.8) is 0 Å². The normalized spacial score (nSPS) is 19.6. The molecule has 1 amide bonds. The van der Waals surface area contributed by atoms with Crippen molar-refractivity contribution in [2.24, 2.45) is 4.99 Å². The van der Waals surface area contributed by atoms with Crippen LogP contribution in [0.3, 0.4) is 0 Å². The van der Waals surface area contributed by atoms with Crippen LogP contribution < -0.4 is 10.2 Å². The number of pyridine rings is 1. The van der Waals surface area contributed by atoms with E-state index in [1.807, 2.05) is 59.3 Å². The summed E-state index contributed by atoms with van der Waals surface area (Å²) in [6, 6.07) is 20.9. The molecule has 7 rings (SSSR count). The molecule has 0 spiro atoms. The number of rotatable bonds is 6. The van der Waals surface area contributed by atoms with Gasteiger partial charge in [-0.3, -0.25) is 19.6 Å². The molecule has 8 nitrogen and oxygen atoms in total. The molecule has 2 aliphatic heterocycles. The van der Waals surface area contributed by atoms with Crippen LogP contribution in [0.5, 0.6) is 0 Å². The number of aromatic nitrogens is 3. The number of fused-ring (bicyclic) bond motifs is 5. The van der Waals surface area contributed by atoms with Gasteiger partial charge < -0.3 is 5.32 Å². The van der Waals surface area contributed by atoms with Gasteiger partial charge in [0.25, 0.3) is 5.91 Å². The number of hydrogen-bond acceptors (Lipinski definition) is 6. The maximum Gasteiger partial charge on any atom is 0.323 e. The predicted octanol–water partition coefficient (Wildman–Crippen LogP) is 6.40. The first-order valence-corrected chi connectivity index (χ1v) is 14.6. The number of carbonyl (C=O) groups excluding carboxylic acids is 1. The van der Waals surface area contributed by atoms with Gasteiger partial charge in [0.05, 0.1) is 24.3 Å². The maximum atomic E-state index is 13.7. The summed E-state index contributed by atoms with van der Waals surface area (Å²) in [5.41, 5.74) is 3.68. The molecule has 3 aliphatic rings. The van der Waals surface area contributed by atoms with Crippen molar-refractivity contribution in [2.45, 2.75) is 41.8 Å². The molecule has 11 heteroatoms. The number of aliphatic imine (C=N–C) groups is 1. The van der Waals surface area contributed by atoms with Crippen molar-refractivity contribution in [3.8, 4) is 11.3 Å². The van der Waals surface area contributed by atoms with Crippen LogP contribution in [-0.4, -0.2) is 50.7 Å². The minimum atomic E-state index is -2.96. The first-order valence-electron chi connectivity index (χ1n) is 13.5. The fourth-order valence-corrected chi connectivity index (χ4v) is 6.25. The van der Waals surface area contributed by atoms with Gasteiger partial charge in [-0.25, -0.2) is 9.67 Å². The Morgan fingerprint density at radius 1 is 1.05 bits per heavy atom. The number of anilines is 3. The van der Waals surface area contributed by atoms with Crippen molar-refractivity contribution in [1.82, 2.24) is 19.7 Å². The van der Waals surface area contributed by atoms with Gasteiger partial charge in [0.1, 0.15) is 11.4 Å². The summed E-state index contributed by atoms with van der Waals surface area (Å²) < 4.78 is 26.1. The second-order valence-corrected chi connectivity index (χ2v) is 11.9. The third-order valence-corrected chi connectivity index (χ3v) is 8.58. The van der Waals surface area contributed by atoms with Crippen LogP contribution in [0.1, 0.15) is 40.7 Å². The molecule has 1 aliphatic carbocycles. The van der Waals surface area contributed by atoms with E-state index in [4.69, 9.17) is 10.1 Å². The molecule has 0 saturated heterocycles. The Bertz CT molecular complexity index is 1650. The van der Waals surface area contributed by atoms with E-state index in [1.165, 1.54) is 12.3 Å². The summed E-state index contributed by atoms with van der Waals surface area (Å²) in [7, 11) is 1.78. The molecule has 4 heterocycles. The highest BCUT2D eigenvalue weighted by molar-refractivity contribution is 14.1. The Kier molecular flexibility index (Phi) is 6.29. The molecule has 41 heavy (non-hydrogen) atoms. The van der Waals surface area contributed by atoms with Crippen LogP contribution in [0.4, 0.5) is 26.1 Å². The van der Waals surface area contributed by atoms with Crippen LogP contribution in [-0.2, 0) is 10.5 Å². The van der Waals surface area contributed by atoms with Gasteiger partial charge in [-0.1, -0.05) is 42.5 Å². The molecule has 0 unspecified atom stereocenters. The van der Waals surface area contributed by atoms with Gasteiger partial charge in [0.2, 0.25) is 5.96 Å². The van der Waals surface area contributed by atoms with Crippen molar-refractivity contribution in [2.75, 3.05) is 17.3 Å². The van der Waals surface area contributed by atoms with Crippen LogP contribution in [0.25, 0.3) is 11.3 Å². The third-order valence-electron chi connectivity index (χ3n) is 7.95. The summed E-state index contributed by atoms with van der Waals surface area (Å²) in [5, 5.41) is 8.30. The Balaban J connectivity index is 1.25. The van der Waals surface area contributed by atoms with E-state index in [2.05, 4.69) is 15.2 Å². The lowest BCUT2D eigenvalue weighted by atomic mass is 10.1. The maximum absolute atomic E-state index is 13.7. The fourth-order valence-electron chi connectivity index (χ4n) is 5.93. The van der Waals surface area contributed by atoms with E-state index < -0.39 is 3.93 Å². The zero-order valence-electron chi connectivity index (χ0n) is 22.1. The molecule has 2 aromatic carbocycles. The van der Waals surface area contributed by atoms with E-state index in [-0.39, 0.29) is 23.6 Å². The smallest absolute Gasteiger partial charge is 0.323 e. The zero-order valence-corrected chi connectivity index (χ0v) is 24.3. The number of alkyl halides is 3. The topological polar surface area (TPSA) is 78.7 Å². The standard InChI is InChI=1S/C30H26F2IN7O/c1-38-28(41)25-26(35-21-6-3-2-4-7-21)37-39(27(25)40-24-9-5-8-23(24)36-29(38)40)17-18-10-12-19(13-11-18)22-15-14-20(16-34-22)30(31,32)33/h2-4,6-7,10-16,23-24H,5,8-9,17H2,1H3,(H,35,37)/t23-,24+/m1/s1. The molecular weight excluding hydrogens is 639 g/mol. The lowest BCUT2D eigenvalue weighted by Gasteiger charge is -2.35. The van der Waals surface area contributed by atoms with E-state index in [0.29, 0.717) is 29.6 Å². The highest BCUT2D eigenvalue weighted by atomic mass is 127. The minimum absolute atomic E-state index is 0.128. The number of halogens is 3. The van der Waals surface area contributed by atoms with E-state index in [1.54, 1.807) is 18.0 Å². The second kappa shape index (κ2) is 9.89. The number of carbonyl (C=O) groups is 1. The number of para-hydroxylation sites is 1. The number of nitrogens with zero attached hydrogens (tertiary/aromatic N) is 6. The van der Waals surface area contributed by atoms with Crippen molar-refractivity contribution >= 4 is 51.8 Å². The van der Waals surface area contributed by atoms with Gasteiger partial charge in [-0.2, -0.15) is 13.9 Å². The first-order chi connectivity index (χ1) is 19.8. The summed E-state index contributed by atoms with van der Waals surface area (Å²) in [5.74, 6) is 1.82. The Hall–Kier alpha value is -3.87. The summed E-state index contributed by atoms with van der Waals surface area (Å²) in [4.78, 5) is 26.7. The van der Waals surface area contributed by atoms with Gasteiger partial charge in [0.15, 0.2) is 5.82 Å². The van der Waals surface area contributed by atoms with Crippen LogP contribution >= 0.6 is 22.6 Å². The minimum Gasteiger partial charge on any atom is -0.338 e. The zero-order chi connectivity index (χ0) is 28.3. The highest BCUT2D eigenvalue weighted by Crippen LogP contribution is 2.43. The summed E-state index contributed by atoms with van der Waals surface area (Å²) >= 11 is 1.11. The quantitative estimate of drug-likeness (QED) is 0.191. The molecule has 2 aromatic heterocycles. The van der Waals surface area contributed by atoms with Crippen molar-refractivity contribution in [1.29, 1.82) is 0 Å². The molecule has 0 bridgehead atoms. The molecule has 1 fully saturated rings. The van der Waals surface area contributed by atoms with Crippen molar-refractivity contribution in [3.05, 3.63) is 89.6 Å². The predicted molar refractivity (Wildman–Crippen MR) is 162 cm³/mol. The number of hydrogen-bond donors (Lipinski definition) is 1. The SMILES string of the molecule is CN1C(=O)c2c(Nc3ccccc3)nn(Cc3ccc(-c4ccc(C(F)(F)I)cn4)cc3)c2N2C1=N[C@@H]1CCC[C@@H]12. The Labute approximate surface area is 249 Å². The van der Waals surface area contributed by atoms with Crippen LogP contribution in [0, 0.1) is 0 Å². The molecule has 1 saturated carbocycles. The van der Waals surface area contributed by atoms with Gasteiger partial charge in [-0.05, 0) is 49.1 Å². The first kappa shape index (κ1) is 26.1. The number of nitrogens with one attached hydrogen (secondary N) is 1. The fraction of sp³-hybridized carbons (Fsp3) is 0.267. The molecular formula is C30H26F2IN7O. The van der Waals surface area contributed by atoms with Crippen molar-refractivity contribution < 1.29 is 13.6 Å². The lowest BCUT2D eigenvalue weighted by molar-refractivity contribution is 0.0865. The van der Waals surface area contributed by atoms with Gasteiger partial charge in [0, 0.05) is 52.6 Å². The van der Waals surface area contributed by atoms with Crippen LogP contribution in [0.15, 0.2) is 77.9 Å². The average Bonchev–Trinajstić information content (AvgIpc) is 3.66. The van der Waals surface area contributed by atoms with E-state index in [9.17, 15) is 13.6 Å². The van der Waals surface area contributed by atoms with E-state index in [0.717, 1.165) is 64.5 Å².